The van der Waals surface area contributed by atoms with Crippen molar-refractivity contribution in [2.45, 2.75) is 13.5 Å². The highest BCUT2D eigenvalue weighted by molar-refractivity contribution is 7.14. The van der Waals surface area contributed by atoms with Gasteiger partial charge in [-0.2, -0.15) is 0 Å². The molecule has 3 rings (SSSR count). The Labute approximate surface area is 144 Å². The molecule has 0 atom stereocenters. The van der Waals surface area contributed by atoms with E-state index in [-0.39, 0.29) is 5.91 Å². The highest BCUT2D eigenvalue weighted by atomic mass is 35.5. The Morgan fingerprint density at radius 1 is 1.43 bits per heavy atom. The summed E-state index contributed by atoms with van der Waals surface area (Å²) in [6.07, 6.45) is 0. The van der Waals surface area contributed by atoms with Gasteiger partial charge in [0.2, 0.25) is 5.91 Å². The molecule has 0 saturated carbocycles. The molecular weight excluding hydrogens is 334 g/mol. The molecule has 5 nitrogen and oxygen atoms in total. The number of hydrogen-bond acceptors (Lipinski definition) is 4. The van der Waals surface area contributed by atoms with Gasteiger partial charge in [-0.15, -0.1) is 11.3 Å². The number of carbonyl (C=O) groups is 1. The van der Waals surface area contributed by atoms with E-state index in [0.717, 1.165) is 44.2 Å². The van der Waals surface area contributed by atoms with Crippen molar-refractivity contribution in [3.63, 3.8) is 0 Å². The van der Waals surface area contributed by atoms with Crippen molar-refractivity contribution in [1.82, 2.24) is 4.98 Å². The highest BCUT2D eigenvalue weighted by Crippen LogP contribution is 2.30. The van der Waals surface area contributed by atoms with Crippen molar-refractivity contribution in [2.24, 2.45) is 0 Å². The highest BCUT2D eigenvalue weighted by Gasteiger charge is 2.20. The lowest BCUT2D eigenvalue weighted by molar-refractivity contribution is -0.921. The van der Waals surface area contributed by atoms with E-state index >= 15 is 0 Å². The molecule has 1 aromatic carbocycles. The average Bonchev–Trinajstić information content (AvgIpc) is 2.96. The van der Waals surface area contributed by atoms with Gasteiger partial charge in [-0.3, -0.25) is 9.69 Å². The minimum atomic E-state index is -0.0770. The molecule has 1 aromatic heterocycles. The standard InChI is InChI=1S/C16H18ClN3O2S/c1-12(21)20(15-4-2-3-13(17)9-15)16-18-14(11-23-16)10-19-5-7-22-8-6-19/h2-4,9,11H,5-8,10H2,1H3/p+1. The maximum absolute atomic E-state index is 12.1. The van der Waals surface area contributed by atoms with Crippen LogP contribution in [0.3, 0.4) is 0 Å². The first kappa shape index (κ1) is 16.4. The Morgan fingerprint density at radius 3 is 2.91 bits per heavy atom. The zero-order valence-electron chi connectivity index (χ0n) is 12.9. The van der Waals surface area contributed by atoms with Crippen LogP contribution >= 0.6 is 22.9 Å². The molecule has 0 bridgehead atoms. The molecule has 7 heteroatoms. The lowest BCUT2D eigenvalue weighted by Crippen LogP contribution is -3.12. The first-order valence-electron chi connectivity index (χ1n) is 7.55. The molecule has 0 unspecified atom stereocenters. The van der Waals surface area contributed by atoms with E-state index in [2.05, 4.69) is 4.98 Å². The number of carbonyl (C=O) groups excluding carboxylic acids is 1. The van der Waals surface area contributed by atoms with E-state index < -0.39 is 0 Å². The number of ether oxygens (including phenoxy) is 1. The van der Waals surface area contributed by atoms with Crippen molar-refractivity contribution in [3.05, 3.63) is 40.4 Å². The number of rotatable bonds is 4. The zero-order valence-corrected chi connectivity index (χ0v) is 14.5. The molecule has 2 aromatic rings. The quantitative estimate of drug-likeness (QED) is 0.914. The lowest BCUT2D eigenvalue weighted by Gasteiger charge is -2.23. The monoisotopic (exact) mass is 352 g/mol. The predicted octanol–water partition coefficient (Wildman–Crippen LogP) is 1.90. The van der Waals surface area contributed by atoms with Crippen LogP contribution in [0.1, 0.15) is 12.6 Å². The summed E-state index contributed by atoms with van der Waals surface area (Å²) in [6.45, 7) is 5.99. The number of aromatic nitrogens is 1. The number of morpholine rings is 1. The lowest BCUT2D eigenvalue weighted by atomic mass is 10.3. The molecule has 1 saturated heterocycles. The van der Waals surface area contributed by atoms with Gasteiger partial charge in [0.05, 0.1) is 18.9 Å². The van der Waals surface area contributed by atoms with E-state index in [9.17, 15) is 4.79 Å². The van der Waals surface area contributed by atoms with Crippen molar-refractivity contribution < 1.29 is 14.4 Å². The van der Waals surface area contributed by atoms with Crippen LogP contribution in [0, 0.1) is 0 Å². The van der Waals surface area contributed by atoms with Gasteiger partial charge in [-0.05, 0) is 18.2 Å². The number of anilines is 2. The maximum Gasteiger partial charge on any atom is 0.230 e. The number of hydrogen-bond donors (Lipinski definition) is 1. The fourth-order valence-corrected chi connectivity index (χ4v) is 3.69. The van der Waals surface area contributed by atoms with E-state index in [0.29, 0.717) is 10.2 Å². The minimum absolute atomic E-state index is 0.0770. The van der Waals surface area contributed by atoms with Gasteiger partial charge >= 0.3 is 0 Å². The number of nitrogens with one attached hydrogen (secondary N) is 1. The van der Waals surface area contributed by atoms with Crippen molar-refractivity contribution >= 4 is 39.7 Å². The molecule has 0 spiro atoms. The van der Waals surface area contributed by atoms with Crippen LogP contribution in [0.25, 0.3) is 0 Å². The Kier molecular flexibility index (Phi) is 5.27. The van der Waals surface area contributed by atoms with Gasteiger partial charge in [0, 0.05) is 17.3 Å². The van der Waals surface area contributed by atoms with Gasteiger partial charge < -0.3 is 9.64 Å². The summed E-state index contributed by atoms with van der Waals surface area (Å²) < 4.78 is 5.38. The predicted molar refractivity (Wildman–Crippen MR) is 91.6 cm³/mol. The molecule has 1 N–H and O–H groups in total. The van der Waals surface area contributed by atoms with Crippen LogP contribution in [0.15, 0.2) is 29.6 Å². The van der Waals surface area contributed by atoms with Crippen LogP contribution in [-0.2, 0) is 16.1 Å². The van der Waals surface area contributed by atoms with Crippen LogP contribution in [-0.4, -0.2) is 37.2 Å². The van der Waals surface area contributed by atoms with Crippen LogP contribution < -0.4 is 9.80 Å². The molecule has 0 aliphatic carbocycles. The van der Waals surface area contributed by atoms with E-state index in [4.69, 9.17) is 16.3 Å². The van der Waals surface area contributed by atoms with E-state index in [1.165, 1.54) is 23.2 Å². The summed E-state index contributed by atoms with van der Waals surface area (Å²) in [5.41, 5.74) is 1.75. The molecule has 1 fully saturated rings. The summed E-state index contributed by atoms with van der Waals surface area (Å²) in [6, 6.07) is 7.26. The van der Waals surface area contributed by atoms with Crippen molar-refractivity contribution in [1.29, 1.82) is 0 Å². The molecule has 0 radical (unpaired) electrons. The van der Waals surface area contributed by atoms with Crippen LogP contribution in [0.2, 0.25) is 5.02 Å². The molecule has 122 valence electrons. The van der Waals surface area contributed by atoms with Gasteiger partial charge in [-0.1, -0.05) is 17.7 Å². The van der Waals surface area contributed by atoms with E-state index in [1.807, 2.05) is 17.5 Å². The SMILES string of the molecule is CC(=O)N(c1cccc(Cl)c1)c1nc(C[NH+]2CCOCC2)cs1. The smallest absolute Gasteiger partial charge is 0.230 e. The summed E-state index contributed by atoms with van der Waals surface area (Å²) >= 11 is 7.53. The minimum Gasteiger partial charge on any atom is -0.370 e. The molecule has 2 heterocycles. The third-order valence-corrected chi connectivity index (χ3v) is 4.85. The number of nitrogens with zero attached hydrogens (tertiary/aromatic N) is 2. The third kappa shape index (κ3) is 4.09. The zero-order chi connectivity index (χ0) is 16.2. The molecule has 1 amide bonds. The van der Waals surface area contributed by atoms with Crippen LogP contribution in [0.4, 0.5) is 10.8 Å². The number of quaternary nitrogens is 1. The fraction of sp³-hybridized carbons (Fsp3) is 0.375. The second-order valence-electron chi connectivity index (χ2n) is 5.49. The normalized spacial score (nSPS) is 15.6. The molecular formula is C16H19ClN3O2S+. The van der Waals surface area contributed by atoms with Gasteiger partial charge in [0.15, 0.2) is 5.13 Å². The Bertz CT molecular complexity index is 685. The van der Waals surface area contributed by atoms with Gasteiger partial charge in [-0.25, -0.2) is 4.98 Å². The van der Waals surface area contributed by atoms with Crippen molar-refractivity contribution in [2.75, 3.05) is 31.2 Å². The maximum atomic E-state index is 12.1. The van der Waals surface area contributed by atoms with Gasteiger partial charge in [0.25, 0.3) is 0 Å². The summed E-state index contributed by atoms with van der Waals surface area (Å²) in [4.78, 5) is 19.8. The summed E-state index contributed by atoms with van der Waals surface area (Å²) in [5, 5.41) is 3.31. The average molecular weight is 353 g/mol. The fourth-order valence-electron chi connectivity index (χ4n) is 2.62. The first-order chi connectivity index (χ1) is 11.1. The Hall–Kier alpha value is -1.47. The molecule has 1 aliphatic heterocycles. The summed E-state index contributed by atoms with van der Waals surface area (Å²) in [7, 11) is 0. The second kappa shape index (κ2) is 7.40. The Morgan fingerprint density at radius 2 is 2.22 bits per heavy atom. The topological polar surface area (TPSA) is 46.9 Å². The first-order valence-corrected chi connectivity index (χ1v) is 8.81. The van der Waals surface area contributed by atoms with Gasteiger partial charge in [0.1, 0.15) is 25.3 Å². The number of halogens is 1. The number of benzene rings is 1. The van der Waals surface area contributed by atoms with E-state index in [1.54, 1.807) is 17.0 Å². The second-order valence-corrected chi connectivity index (χ2v) is 6.77. The molecule has 23 heavy (non-hydrogen) atoms. The van der Waals surface area contributed by atoms with Crippen LogP contribution in [0.5, 0.6) is 0 Å². The Balaban J connectivity index is 1.79. The number of thiazole rings is 1. The largest absolute Gasteiger partial charge is 0.370 e. The number of amides is 1. The van der Waals surface area contributed by atoms with Crippen molar-refractivity contribution in [3.8, 4) is 0 Å². The third-order valence-electron chi connectivity index (χ3n) is 3.74. The molecule has 1 aliphatic rings. The summed E-state index contributed by atoms with van der Waals surface area (Å²) in [5.74, 6) is -0.0770.